The van der Waals surface area contributed by atoms with Gasteiger partial charge in [-0.2, -0.15) is 13.2 Å². The number of amides is 1. The van der Waals surface area contributed by atoms with Crippen molar-refractivity contribution in [3.63, 3.8) is 0 Å². The number of aliphatic carboxylic acids is 1. The van der Waals surface area contributed by atoms with Crippen molar-refractivity contribution < 1.29 is 32.4 Å². The standard InChI is InChI=1S/C16H23N5O2.C2HF3O2/c1-4-19(5-2)9-13-10-20-6-7-21(11-15(20)18-13)16(22)14-8-17-23-12(14)3;3-2(4,5)1(6)7/h8,10H,4-7,9,11H2,1-3H3;(H,6,7). The smallest absolute Gasteiger partial charge is 0.475 e. The Morgan fingerprint density at radius 2 is 1.90 bits per heavy atom. The van der Waals surface area contributed by atoms with Crippen molar-refractivity contribution in [2.75, 3.05) is 19.6 Å². The molecule has 2 aromatic heterocycles. The average molecular weight is 431 g/mol. The fraction of sp³-hybridized carbons (Fsp3) is 0.556. The maximum Gasteiger partial charge on any atom is 0.490 e. The molecule has 0 fully saturated rings. The van der Waals surface area contributed by atoms with Crippen molar-refractivity contribution in [2.24, 2.45) is 0 Å². The number of imidazole rings is 1. The summed E-state index contributed by atoms with van der Waals surface area (Å²) in [7, 11) is 0. The largest absolute Gasteiger partial charge is 0.490 e. The van der Waals surface area contributed by atoms with E-state index in [-0.39, 0.29) is 5.91 Å². The Balaban J connectivity index is 0.000000396. The zero-order chi connectivity index (χ0) is 22.5. The molecule has 0 radical (unpaired) electrons. The van der Waals surface area contributed by atoms with Crippen LogP contribution >= 0.6 is 0 Å². The Bertz CT molecular complexity index is 874. The van der Waals surface area contributed by atoms with Crippen LogP contribution in [0.25, 0.3) is 0 Å². The Kier molecular flexibility index (Phi) is 7.59. The van der Waals surface area contributed by atoms with Gasteiger partial charge < -0.3 is 19.1 Å². The Labute approximate surface area is 171 Å². The molecular weight excluding hydrogens is 407 g/mol. The third kappa shape index (κ3) is 5.81. The molecule has 0 saturated heterocycles. The van der Waals surface area contributed by atoms with Crippen molar-refractivity contribution in [3.8, 4) is 0 Å². The van der Waals surface area contributed by atoms with Crippen LogP contribution in [0.4, 0.5) is 13.2 Å². The molecule has 166 valence electrons. The van der Waals surface area contributed by atoms with Crippen molar-refractivity contribution in [2.45, 2.75) is 46.6 Å². The minimum absolute atomic E-state index is 0.0386. The summed E-state index contributed by atoms with van der Waals surface area (Å²) in [5.41, 5.74) is 1.60. The lowest BCUT2D eigenvalue weighted by atomic mass is 10.2. The number of alkyl halides is 3. The number of hydrogen-bond donors (Lipinski definition) is 1. The van der Waals surface area contributed by atoms with Crippen LogP contribution in [0.2, 0.25) is 0 Å². The summed E-state index contributed by atoms with van der Waals surface area (Å²) in [4.78, 5) is 30.3. The number of rotatable bonds is 5. The molecule has 9 nitrogen and oxygen atoms in total. The fourth-order valence-electron chi connectivity index (χ4n) is 2.91. The normalized spacial score (nSPS) is 13.6. The molecule has 30 heavy (non-hydrogen) atoms. The highest BCUT2D eigenvalue weighted by molar-refractivity contribution is 5.94. The van der Waals surface area contributed by atoms with E-state index in [4.69, 9.17) is 19.4 Å². The highest BCUT2D eigenvalue weighted by Crippen LogP contribution is 2.18. The summed E-state index contributed by atoms with van der Waals surface area (Å²) in [5.74, 6) is -1.29. The molecule has 1 amide bonds. The highest BCUT2D eigenvalue weighted by Gasteiger charge is 2.38. The second-order valence-electron chi connectivity index (χ2n) is 6.63. The molecule has 0 unspecified atom stereocenters. The SMILES string of the molecule is CCN(CC)Cc1cn2c(n1)CN(C(=O)c1cnoc1C)CC2.O=C(O)C(F)(F)F. The van der Waals surface area contributed by atoms with Crippen LogP contribution in [0.1, 0.15) is 41.5 Å². The molecule has 12 heteroatoms. The second kappa shape index (κ2) is 9.74. The molecule has 1 aliphatic rings. The predicted molar refractivity (Wildman–Crippen MR) is 98.5 cm³/mol. The predicted octanol–water partition coefficient (Wildman–Crippen LogP) is 2.31. The first kappa shape index (κ1) is 23.4. The van der Waals surface area contributed by atoms with Gasteiger partial charge in [0.15, 0.2) is 0 Å². The fourth-order valence-corrected chi connectivity index (χ4v) is 2.91. The van der Waals surface area contributed by atoms with Gasteiger partial charge >= 0.3 is 12.1 Å². The first-order chi connectivity index (χ1) is 14.1. The van der Waals surface area contributed by atoms with Crippen LogP contribution < -0.4 is 0 Å². The number of nitrogens with zero attached hydrogens (tertiary/aromatic N) is 5. The molecular formula is C18H24F3N5O4. The molecule has 1 N–H and O–H groups in total. The Hall–Kier alpha value is -2.89. The molecule has 0 spiro atoms. The zero-order valence-electron chi connectivity index (χ0n) is 16.9. The van der Waals surface area contributed by atoms with Gasteiger partial charge in [-0.3, -0.25) is 9.69 Å². The number of aromatic nitrogens is 3. The number of carbonyl (C=O) groups is 2. The number of aryl methyl sites for hydroxylation is 1. The second-order valence-corrected chi connectivity index (χ2v) is 6.63. The summed E-state index contributed by atoms with van der Waals surface area (Å²) in [6.45, 7) is 10.9. The first-order valence-electron chi connectivity index (χ1n) is 9.34. The quantitative estimate of drug-likeness (QED) is 0.775. The van der Waals surface area contributed by atoms with E-state index >= 15 is 0 Å². The van der Waals surface area contributed by atoms with Crippen molar-refractivity contribution >= 4 is 11.9 Å². The van der Waals surface area contributed by atoms with Crippen LogP contribution in [0.3, 0.4) is 0 Å². The van der Waals surface area contributed by atoms with Crippen LogP contribution in [0.15, 0.2) is 16.9 Å². The lowest BCUT2D eigenvalue weighted by Gasteiger charge is -2.27. The summed E-state index contributed by atoms with van der Waals surface area (Å²) >= 11 is 0. The van der Waals surface area contributed by atoms with Gasteiger partial charge in [0.25, 0.3) is 5.91 Å². The lowest BCUT2D eigenvalue weighted by Crippen LogP contribution is -2.38. The number of carboxylic acids is 1. The molecule has 3 rings (SSSR count). The number of carbonyl (C=O) groups excluding carboxylic acids is 1. The topological polar surface area (TPSA) is 105 Å². The van der Waals surface area contributed by atoms with Crippen molar-refractivity contribution in [3.05, 3.63) is 35.2 Å². The van der Waals surface area contributed by atoms with Gasteiger partial charge in [0.05, 0.1) is 18.4 Å². The Morgan fingerprint density at radius 3 is 2.40 bits per heavy atom. The van der Waals surface area contributed by atoms with Crippen molar-refractivity contribution in [1.29, 1.82) is 0 Å². The van der Waals surface area contributed by atoms with Gasteiger partial charge in [-0.05, 0) is 20.0 Å². The third-order valence-corrected chi connectivity index (χ3v) is 4.64. The van der Waals surface area contributed by atoms with Crippen LogP contribution in [-0.2, 0) is 24.4 Å². The first-order valence-corrected chi connectivity index (χ1v) is 9.34. The monoisotopic (exact) mass is 431 g/mol. The van der Waals surface area contributed by atoms with E-state index in [1.165, 1.54) is 6.20 Å². The summed E-state index contributed by atoms with van der Waals surface area (Å²) < 4.78 is 38.9. The van der Waals surface area contributed by atoms with Crippen LogP contribution in [0.5, 0.6) is 0 Å². The van der Waals surface area contributed by atoms with E-state index in [0.29, 0.717) is 24.4 Å². The molecule has 0 aromatic carbocycles. The molecule has 2 aromatic rings. The van der Waals surface area contributed by atoms with Crippen molar-refractivity contribution in [1.82, 2.24) is 24.5 Å². The van der Waals surface area contributed by atoms with Gasteiger partial charge in [0, 0.05) is 25.8 Å². The van der Waals surface area contributed by atoms with E-state index < -0.39 is 12.1 Å². The van der Waals surface area contributed by atoms with Gasteiger partial charge in [0.1, 0.15) is 17.1 Å². The minimum Gasteiger partial charge on any atom is -0.475 e. The highest BCUT2D eigenvalue weighted by atomic mass is 19.4. The maximum absolute atomic E-state index is 12.5. The van der Waals surface area contributed by atoms with Crippen LogP contribution in [0, 0.1) is 6.92 Å². The maximum atomic E-state index is 12.5. The van der Waals surface area contributed by atoms with Gasteiger partial charge in [0.2, 0.25) is 0 Å². The van der Waals surface area contributed by atoms with Gasteiger partial charge in [-0.25, -0.2) is 9.78 Å². The van der Waals surface area contributed by atoms with Crippen LogP contribution in [-0.4, -0.2) is 67.3 Å². The Morgan fingerprint density at radius 1 is 1.27 bits per heavy atom. The lowest BCUT2D eigenvalue weighted by molar-refractivity contribution is -0.192. The van der Waals surface area contributed by atoms with E-state index in [2.05, 4.69) is 34.7 Å². The summed E-state index contributed by atoms with van der Waals surface area (Å²) in [6.07, 6.45) is -1.48. The van der Waals surface area contributed by atoms with E-state index in [1.807, 2.05) is 4.90 Å². The minimum atomic E-state index is -5.08. The molecule has 0 aliphatic carbocycles. The van der Waals surface area contributed by atoms with Gasteiger partial charge in [-0.1, -0.05) is 19.0 Å². The molecule has 3 heterocycles. The number of carboxylic acid groups (broad SMARTS) is 1. The average Bonchev–Trinajstić information content (AvgIpc) is 3.29. The molecule has 0 saturated carbocycles. The van der Waals surface area contributed by atoms with E-state index in [1.54, 1.807) is 6.92 Å². The molecule has 0 bridgehead atoms. The number of halogens is 3. The summed E-state index contributed by atoms with van der Waals surface area (Å²) in [5, 5.41) is 10.8. The van der Waals surface area contributed by atoms with Gasteiger partial charge in [-0.15, -0.1) is 0 Å². The molecule has 1 aliphatic heterocycles. The third-order valence-electron chi connectivity index (χ3n) is 4.64. The summed E-state index contributed by atoms with van der Waals surface area (Å²) in [6, 6.07) is 0. The van der Waals surface area contributed by atoms with E-state index in [9.17, 15) is 18.0 Å². The van der Waals surface area contributed by atoms with E-state index in [0.717, 1.165) is 37.7 Å². The number of fused-ring (bicyclic) bond motifs is 1. The zero-order valence-corrected chi connectivity index (χ0v) is 16.9. The molecule has 0 atom stereocenters. The number of hydrogen-bond acceptors (Lipinski definition) is 6.